The Morgan fingerprint density at radius 3 is 3.17 bits per heavy atom. The molecule has 1 rings (SSSR count). The number of aromatic amines is 1. The van der Waals surface area contributed by atoms with Crippen molar-refractivity contribution >= 4 is 3.79 Å². The first-order valence-electron chi connectivity index (χ1n) is 3.50. The van der Waals surface area contributed by atoms with Crippen LogP contribution >= 0.6 is 0 Å². The third-order valence-electron chi connectivity index (χ3n) is 1.47. The molecule has 1 aromatic rings. The Morgan fingerprint density at radius 2 is 2.67 bits per heavy atom. The molecule has 0 fully saturated rings. The molecule has 1 aromatic heterocycles. The zero-order valence-corrected chi connectivity index (χ0v) is 8.91. The van der Waals surface area contributed by atoms with E-state index in [1.54, 1.807) is 12.5 Å². The Morgan fingerprint density at radius 1 is 1.92 bits per heavy atom. The van der Waals surface area contributed by atoms with Gasteiger partial charge in [0.2, 0.25) is 0 Å². The number of halogens is 1. The Bertz CT molecular complexity index is 247. The number of nitrogens with two attached hydrogens (primary N) is 1. The summed E-state index contributed by atoms with van der Waals surface area (Å²) in [6.45, 7) is 0. The molecule has 0 bridgehead atoms. The standard InChI is InChI=1S/C7H11IN3O/c1-8-7(12)6(9)2-5-3-10-4-11-5/h3-4,6H,2,9H2,1H3,(H,10,11)/q-1/t6-/m0/s1. The number of aromatic nitrogens is 2. The van der Waals surface area contributed by atoms with Crippen LogP contribution in [0.15, 0.2) is 12.5 Å². The number of imidazole rings is 1. The maximum absolute atomic E-state index is 11.1. The number of alkyl halides is 1. The summed E-state index contributed by atoms with van der Waals surface area (Å²) in [7, 11) is 0. The third-order valence-corrected chi connectivity index (χ3v) is 3.34. The Kier molecular flexibility index (Phi) is 3.67. The molecule has 0 amide bonds. The van der Waals surface area contributed by atoms with Crippen molar-refractivity contribution in [2.24, 2.45) is 5.73 Å². The first-order valence-corrected chi connectivity index (χ1v) is 6.73. The van der Waals surface area contributed by atoms with E-state index in [1.807, 2.05) is 4.93 Å². The van der Waals surface area contributed by atoms with E-state index in [-0.39, 0.29) is 31.0 Å². The van der Waals surface area contributed by atoms with Crippen LogP contribution in [0.1, 0.15) is 5.69 Å². The van der Waals surface area contributed by atoms with Gasteiger partial charge in [-0.3, -0.25) is 0 Å². The second kappa shape index (κ2) is 4.56. The van der Waals surface area contributed by atoms with Crippen LogP contribution in [0.3, 0.4) is 0 Å². The van der Waals surface area contributed by atoms with Crippen molar-refractivity contribution in [3.8, 4) is 0 Å². The number of hydrogen-bond donors (Lipinski definition) is 2. The fraction of sp³-hybridized carbons (Fsp3) is 0.429. The first kappa shape index (κ1) is 9.66. The molecule has 1 heterocycles. The molecule has 0 aromatic carbocycles. The predicted octanol–water partition coefficient (Wildman–Crippen LogP) is -3.48. The van der Waals surface area contributed by atoms with Crippen LogP contribution in [0, 0.1) is 0 Å². The molecule has 0 aliphatic carbocycles. The zero-order valence-electron chi connectivity index (χ0n) is 6.75. The molecular formula is C7H11IN3O-. The summed E-state index contributed by atoms with van der Waals surface area (Å²) in [6.07, 6.45) is 3.86. The SMILES string of the molecule is C[I-]C(=O)[C@@H](N)Cc1cnc[nH]1. The van der Waals surface area contributed by atoms with E-state index in [1.165, 1.54) is 0 Å². The van der Waals surface area contributed by atoms with Crippen LogP contribution in [0.25, 0.3) is 0 Å². The Labute approximate surface area is 81.2 Å². The summed E-state index contributed by atoms with van der Waals surface area (Å²) < 4.78 is 0.198. The van der Waals surface area contributed by atoms with Gasteiger partial charge in [0, 0.05) is 0 Å². The monoisotopic (exact) mass is 280 g/mol. The van der Waals surface area contributed by atoms with E-state index in [4.69, 9.17) is 5.73 Å². The summed E-state index contributed by atoms with van der Waals surface area (Å²) in [5.41, 5.74) is 6.57. The summed E-state index contributed by atoms with van der Waals surface area (Å²) >= 11 is -0.377. The van der Waals surface area contributed by atoms with Crippen LogP contribution in [-0.2, 0) is 11.2 Å². The molecule has 68 valence electrons. The Balaban J connectivity index is 2.47. The van der Waals surface area contributed by atoms with Crippen LogP contribution in [0.4, 0.5) is 0 Å². The number of carbonyl (C=O) groups excluding carboxylic acids is 1. The molecule has 0 spiro atoms. The maximum atomic E-state index is 11.1. The molecule has 1 atom stereocenters. The van der Waals surface area contributed by atoms with Crippen molar-refractivity contribution in [3.05, 3.63) is 18.2 Å². The van der Waals surface area contributed by atoms with Gasteiger partial charge in [-0.15, -0.1) is 0 Å². The van der Waals surface area contributed by atoms with Gasteiger partial charge in [0.1, 0.15) is 0 Å². The first-order chi connectivity index (χ1) is 5.74. The topological polar surface area (TPSA) is 71.8 Å². The van der Waals surface area contributed by atoms with Crippen molar-refractivity contribution in [1.82, 2.24) is 9.97 Å². The van der Waals surface area contributed by atoms with Gasteiger partial charge >= 0.3 is 81.1 Å². The second-order valence-electron chi connectivity index (χ2n) is 2.38. The summed E-state index contributed by atoms with van der Waals surface area (Å²) in [6, 6.07) is -0.344. The van der Waals surface area contributed by atoms with E-state index >= 15 is 0 Å². The quantitative estimate of drug-likeness (QED) is 0.342. The predicted molar refractivity (Wildman–Crippen MR) is 41.2 cm³/mol. The summed E-state index contributed by atoms with van der Waals surface area (Å²) in [5.74, 6) is 0. The molecule has 0 aliphatic rings. The number of carbonyl (C=O) groups is 1. The number of rotatable bonds is 4. The van der Waals surface area contributed by atoms with Crippen molar-refractivity contribution in [3.63, 3.8) is 0 Å². The number of nitrogens with one attached hydrogen (secondary N) is 1. The summed E-state index contributed by atoms with van der Waals surface area (Å²) in [4.78, 5) is 19.8. The van der Waals surface area contributed by atoms with E-state index in [0.29, 0.717) is 6.42 Å². The van der Waals surface area contributed by atoms with Crippen molar-refractivity contribution in [2.45, 2.75) is 12.5 Å². The van der Waals surface area contributed by atoms with Gasteiger partial charge in [-0.05, 0) is 0 Å². The van der Waals surface area contributed by atoms with Crippen LogP contribution in [-0.4, -0.2) is 24.7 Å². The van der Waals surface area contributed by atoms with Crippen molar-refractivity contribution < 1.29 is 26.0 Å². The molecule has 0 radical (unpaired) electrons. The number of H-pyrrole nitrogens is 1. The van der Waals surface area contributed by atoms with Crippen LogP contribution in [0.5, 0.6) is 0 Å². The van der Waals surface area contributed by atoms with Gasteiger partial charge in [0.15, 0.2) is 0 Å². The molecule has 0 saturated carbocycles. The zero-order chi connectivity index (χ0) is 8.97. The minimum atomic E-state index is -0.377. The van der Waals surface area contributed by atoms with Gasteiger partial charge < -0.3 is 0 Å². The van der Waals surface area contributed by atoms with Gasteiger partial charge in [0.05, 0.1) is 0 Å². The molecule has 0 saturated heterocycles. The molecule has 12 heavy (non-hydrogen) atoms. The molecule has 0 unspecified atom stereocenters. The molecule has 0 aliphatic heterocycles. The molecule has 5 heteroatoms. The molecular weight excluding hydrogens is 269 g/mol. The molecule has 4 nitrogen and oxygen atoms in total. The summed E-state index contributed by atoms with van der Waals surface area (Å²) in [5, 5.41) is 0. The fourth-order valence-electron chi connectivity index (χ4n) is 0.854. The van der Waals surface area contributed by atoms with Gasteiger partial charge in [0.25, 0.3) is 0 Å². The number of nitrogens with zero attached hydrogens (tertiary/aromatic N) is 1. The van der Waals surface area contributed by atoms with E-state index in [0.717, 1.165) is 5.69 Å². The van der Waals surface area contributed by atoms with E-state index in [9.17, 15) is 4.79 Å². The van der Waals surface area contributed by atoms with E-state index in [2.05, 4.69) is 9.97 Å². The van der Waals surface area contributed by atoms with E-state index < -0.39 is 0 Å². The average Bonchev–Trinajstić information content (AvgIpc) is 2.55. The normalized spacial score (nSPS) is 13.2. The van der Waals surface area contributed by atoms with Crippen LogP contribution in [0.2, 0.25) is 0 Å². The van der Waals surface area contributed by atoms with Crippen molar-refractivity contribution in [1.29, 1.82) is 0 Å². The van der Waals surface area contributed by atoms with Gasteiger partial charge in [-0.1, -0.05) is 0 Å². The number of hydrogen-bond acceptors (Lipinski definition) is 3. The van der Waals surface area contributed by atoms with Gasteiger partial charge in [-0.25, -0.2) is 0 Å². The Hall–Kier alpha value is -0.430. The minimum absolute atomic E-state index is 0.198. The third kappa shape index (κ3) is 2.56. The van der Waals surface area contributed by atoms with Crippen LogP contribution < -0.4 is 26.9 Å². The fourth-order valence-corrected chi connectivity index (χ4v) is 1.87. The molecule has 3 N–H and O–H groups in total. The van der Waals surface area contributed by atoms with Gasteiger partial charge in [-0.2, -0.15) is 0 Å². The van der Waals surface area contributed by atoms with Crippen molar-refractivity contribution in [2.75, 3.05) is 4.93 Å². The average molecular weight is 280 g/mol. The second-order valence-corrected chi connectivity index (χ2v) is 4.52.